The first kappa shape index (κ1) is 19.0. The van der Waals surface area contributed by atoms with Crippen molar-refractivity contribution >= 4 is 17.5 Å². The third-order valence-corrected chi connectivity index (χ3v) is 3.97. The predicted molar refractivity (Wildman–Crippen MR) is 103 cm³/mol. The molecule has 1 heterocycles. The average molecular weight is 380 g/mol. The second kappa shape index (κ2) is 8.76. The summed E-state index contributed by atoms with van der Waals surface area (Å²) in [6.45, 7) is 0.357. The summed E-state index contributed by atoms with van der Waals surface area (Å²) in [5.74, 6) is -0.154. The van der Waals surface area contributed by atoms with Crippen LogP contribution in [0.15, 0.2) is 48.5 Å². The third kappa shape index (κ3) is 4.91. The van der Waals surface area contributed by atoms with E-state index >= 15 is 0 Å². The molecule has 0 saturated carbocycles. The topological polar surface area (TPSA) is 111 Å². The number of ether oxygens (including phenoxy) is 1. The van der Waals surface area contributed by atoms with Gasteiger partial charge in [-0.3, -0.25) is 9.59 Å². The van der Waals surface area contributed by atoms with Crippen molar-refractivity contribution in [3.05, 3.63) is 54.1 Å². The lowest BCUT2D eigenvalue weighted by Gasteiger charge is -2.07. The van der Waals surface area contributed by atoms with Gasteiger partial charge >= 0.3 is 11.8 Å². The normalized spacial score (nSPS) is 10.4. The second-order valence-electron chi connectivity index (χ2n) is 5.99. The van der Waals surface area contributed by atoms with E-state index in [1.165, 1.54) is 4.80 Å². The number of aryl methyl sites for hydroxylation is 1. The molecule has 0 aliphatic heterocycles. The number of methoxy groups -OCH3 is 1. The van der Waals surface area contributed by atoms with Crippen molar-refractivity contribution in [2.75, 3.05) is 19.0 Å². The Morgan fingerprint density at radius 2 is 1.75 bits per heavy atom. The lowest BCUT2D eigenvalue weighted by atomic mass is 10.1. The summed E-state index contributed by atoms with van der Waals surface area (Å²) in [5, 5.41) is 17.0. The molecule has 9 heteroatoms. The SMILES string of the molecule is COc1ccc(CCNC(=O)C(=O)Nc2ccc(-c3nnn(C)n3)cc2)cc1. The minimum atomic E-state index is -0.722. The van der Waals surface area contributed by atoms with Crippen LogP contribution in [0.1, 0.15) is 5.56 Å². The molecule has 0 fully saturated rings. The molecule has 2 amide bonds. The molecule has 3 aromatic rings. The highest BCUT2D eigenvalue weighted by Gasteiger charge is 2.13. The Morgan fingerprint density at radius 3 is 2.36 bits per heavy atom. The number of nitrogens with zero attached hydrogens (tertiary/aromatic N) is 4. The summed E-state index contributed by atoms with van der Waals surface area (Å²) in [6.07, 6.45) is 0.614. The molecule has 0 bridgehead atoms. The molecule has 28 heavy (non-hydrogen) atoms. The summed E-state index contributed by atoms with van der Waals surface area (Å²) < 4.78 is 5.10. The first-order valence-corrected chi connectivity index (χ1v) is 8.61. The molecule has 3 rings (SSSR count). The highest BCUT2D eigenvalue weighted by atomic mass is 16.5. The standard InChI is InChI=1S/C19H20N6O3/c1-25-23-17(22-24-25)14-5-7-15(8-6-14)21-19(27)18(26)20-12-11-13-3-9-16(28-2)10-4-13/h3-10H,11-12H2,1-2H3,(H,20,26)(H,21,27). The molecule has 0 unspecified atom stereocenters. The van der Waals surface area contributed by atoms with Crippen LogP contribution in [0.3, 0.4) is 0 Å². The van der Waals surface area contributed by atoms with Gasteiger partial charge in [0.2, 0.25) is 5.82 Å². The average Bonchev–Trinajstić information content (AvgIpc) is 3.15. The Morgan fingerprint density at radius 1 is 1.04 bits per heavy atom. The number of anilines is 1. The molecule has 0 radical (unpaired) electrons. The maximum atomic E-state index is 12.0. The largest absolute Gasteiger partial charge is 0.497 e. The Balaban J connectivity index is 1.47. The molecule has 2 N–H and O–H groups in total. The maximum absolute atomic E-state index is 12.0. The number of carbonyl (C=O) groups excluding carboxylic acids is 2. The predicted octanol–water partition coefficient (Wildman–Crippen LogP) is 1.18. The smallest absolute Gasteiger partial charge is 0.313 e. The zero-order valence-corrected chi connectivity index (χ0v) is 15.5. The minimum absolute atomic E-state index is 0.357. The molecule has 2 aromatic carbocycles. The van der Waals surface area contributed by atoms with Crippen LogP contribution < -0.4 is 15.4 Å². The number of aromatic nitrogens is 4. The molecular formula is C19H20N6O3. The van der Waals surface area contributed by atoms with E-state index in [1.54, 1.807) is 38.4 Å². The summed E-state index contributed by atoms with van der Waals surface area (Å²) in [4.78, 5) is 25.3. The fourth-order valence-corrected chi connectivity index (χ4v) is 2.48. The molecule has 0 atom stereocenters. The van der Waals surface area contributed by atoms with E-state index < -0.39 is 11.8 Å². The quantitative estimate of drug-likeness (QED) is 0.621. The van der Waals surface area contributed by atoms with Crippen molar-refractivity contribution < 1.29 is 14.3 Å². The molecule has 144 valence electrons. The first-order valence-electron chi connectivity index (χ1n) is 8.61. The molecule has 0 aliphatic carbocycles. The van der Waals surface area contributed by atoms with E-state index in [0.717, 1.165) is 16.9 Å². The van der Waals surface area contributed by atoms with Crippen molar-refractivity contribution in [3.8, 4) is 17.1 Å². The van der Waals surface area contributed by atoms with Crippen LogP contribution in [0.2, 0.25) is 0 Å². The number of tetrazole rings is 1. The van der Waals surface area contributed by atoms with E-state index in [9.17, 15) is 9.59 Å². The maximum Gasteiger partial charge on any atom is 0.313 e. The monoisotopic (exact) mass is 380 g/mol. The summed E-state index contributed by atoms with van der Waals surface area (Å²) in [5.41, 5.74) is 2.30. The van der Waals surface area contributed by atoms with Gasteiger partial charge in [0, 0.05) is 17.8 Å². The number of hydrogen-bond acceptors (Lipinski definition) is 6. The van der Waals surface area contributed by atoms with Crippen molar-refractivity contribution in [1.29, 1.82) is 0 Å². The van der Waals surface area contributed by atoms with Crippen LogP contribution in [0.4, 0.5) is 5.69 Å². The Labute approximate surface area is 161 Å². The Kier molecular flexibility index (Phi) is 5.95. The molecular weight excluding hydrogens is 360 g/mol. The van der Waals surface area contributed by atoms with Crippen LogP contribution in [0.25, 0.3) is 11.4 Å². The van der Waals surface area contributed by atoms with Crippen molar-refractivity contribution in [3.63, 3.8) is 0 Å². The van der Waals surface area contributed by atoms with Gasteiger partial charge in [0.1, 0.15) is 5.75 Å². The van der Waals surface area contributed by atoms with E-state index in [0.29, 0.717) is 24.5 Å². The Hall–Kier alpha value is -3.75. The van der Waals surface area contributed by atoms with Crippen LogP contribution >= 0.6 is 0 Å². The van der Waals surface area contributed by atoms with Gasteiger partial charge in [-0.1, -0.05) is 12.1 Å². The number of hydrogen-bond donors (Lipinski definition) is 2. The van der Waals surface area contributed by atoms with Crippen LogP contribution in [-0.4, -0.2) is 45.7 Å². The van der Waals surface area contributed by atoms with Gasteiger partial charge in [0.05, 0.1) is 14.2 Å². The fourth-order valence-electron chi connectivity index (χ4n) is 2.48. The van der Waals surface area contributed by atoms with E-state index in [1.807, 2.05) is 24.3 Å². The van der Waals surface area contributed by atoms with Crippen molar-refractivity contribution in [2.24, 2.45) is 7.05 Å². The van der Waals surface area contributed by atoms with Crippen molar-refractivity contribution in [1.82, 2.24) is 25.5 Å². The highest BCUT2D eigenvalue weighted by molar-refractivity contribution is 6.39. The first-order chi connectivity index (χ1) is 13.5. The highest BCUT2D eigenvalue weighted by Crippen LogP contribution is 2.17. The third-order valence-electron chi connectivity index (χ3n) is 3.97. The Bertz CT molecular complexity index is 951. The van der Waals surface area contributed by atoms with Gasteiger partial charge in [0.25, 0.3) is 0 Å². The summed E-state index contributed by atoms with van der Waals surface area (Å²) in [7, 11) is 3.28. The lowest BCUT2D eigenvalue weighted by Crippen LogP contribution is -2.36. The van der Waals surface area contributed by atoms with Gasteiger partial charge in [0.15, 0.2) is 0 Å². The zero-order valence-electron chi connectivity index (χ0n) is 15.5. The molecule has 0 spiro atoms. The summed E-state index contributed by atoms with van der Waals surface area (Å²) >= 11 is 0. The fraction of sp³-hybridized carbons (Fsp3) is 0.211. The van der Waals surface area contributed by atoms with Crippen LogP contribution in [0.5, 0.6) is 5.75 Å². The van der Waals surface area contributed by atoms with Gasteiger partial charge in [-0.2, -0.15) is 4.80 Å². The van der Waals surface area contributed by atoms with E-state index in [4.69, 9.17) is 4.74 Å². The zero-order chi connectivity index (χ0) is 19.9. The number of amides is 2. The van der Waals surface area contributed by atoms with Gasteiger partial charge in [-0.25, -0.2) is 0 Å². The van der Waals surface area contributed by atoms with Crippen LogP contribution in [-0.2, 0) is 23.1 Å². The van der Waals surface area contributed by atoms with E-state index in [-0.39, 0.29) is 0 Å². The molecule has 0 saturated heterocycles. The van der Waals surface area contributed by atoms with Crippen LogP contribution in [0, 0.1) is 0 Å². The number of benzene rings is 2. The van der Waals surface area contributed by atoms with Gasteiger partial charge < -0.3 is 15.4 Å². The molecule has 9 nitrogen and oxygen atoms in total. The van der Waals surface area contributed by atoms with Gasteiger partial charge in [-0.05, 0) is 53.6 Å². The minimum Gasteiger partial charge on any atom is -0.497 e. The molecule has 1 aromatic heterocycles. The second-order valence-corrected chi connectivity index (χ2v) is 5.99. The number of nitrogens with one attached hydrogen (secondary N) is 2. The lowest BCUT2D eigenvalue weighted by molar-refractivity contribution is -0.136. The van der Waals surface area contributed by atoms with Crippen molar-refractivity contribution in [2.45, 2.75) is 6.42 Å². The van der Waals surface area contributed by atoms with Gasteiger partial charge in [-0.15, -0.1) is 10.2 Å². The summed E-state index contributed by atoms with van der Waals surface area (Å²) in [6, 6.07) is 14.4. The number of carbonyl (C=O) groups is 2. The molecule has 0 aliphatic rings. The number of rotatable bonds is 6. The van der Waals surface area contributed by atoms with E-state index in [2.05, 4.69) is 26.0 Å².